The van der Waals surface area contributed by atoms with Gasteiger partial charge in [-0.1, -0.05) is 19.9 Å². The maximum atomic E-state index is 13.3. The van der Waals surface area contributed by atoms with E-state index in [-0.39, 0.29) is 5.82 Å². The lowest BCUT2D eigenvalue weighted by atomic mass is 10.2. The van der Waals surface area contributed by atoms with Crippen molar-refractivity contribution in [3.63, 3.8) is 0 Å². The standard InChI is InChI=1S/C16H19FN2O2/c1-10(2)9-20-16-13(18)6-7-15(19-16)21-14-8-12(17)5-4-11(14)3/h4-8,10H,9,18H2,1-3H3. The number of ether oxygens (including phenoxy) is 2. The largest absolute Gasteiger partial charge is 0.476 e. The Morgan fingerprint density at radius 1 is 1.24 bits per heavy atom. The van der Waals surface area contributed by atoms with Crippen LogP contribution in [0.2, 0.25) is 0 Å². The lowest BCUT2D eigenvalue weighted by Gasteiger charge is -2.12. The van der Waals surface area contributed by atoms with Crippen LogP contribution in [-0.2, 0) is 0 Å². The molecule has 2 aromatic rings. The average molecular weight is 290 g/mol. The number of aromatic nitrogens is 1. The molecule has 0 aliphatic heterocycles. The first kappa shape index (κ1) is 15.1. The number of aryl methyl sites for hydroxylation is 1. The van der Waals surface area contributed by atoms with Crippen LogP contribution in [0.5, 0.6) is 17.5 Å². The van der Waals surface area contributed by atoms with E-state index in [9.17, 15) is 4.39 Å². The summed E-state index contributed by atoms with van der Waals surface area (Å²) in [5.74, 6) is 1.07. The van der Waals surface area contributed by atoms with Crippen molar-refractivity contribution >= 4 is 5.69 Å². The van der Waals surface area contributed by atoms with Gasteiger partial charge in [0, 0.05) is 12.1 Å². The second kappa shape index (κ2) is 6.43. The Labute approximate surface area is 123 Å². The number of nitrogens with zero attached hydrogens (tertiary/aromatic N) is 1. The van der Waals surface area contributed by atoms with E-state index in [0.717, 1.165) is 5.56 Å². The van der Waals surface area contributed by atoms with Crippen molar-refractivity contribution < 1.29 is 13.9 Å². The van der Waals surface area contributed by atoms with Crippen LogP contribution >= 0.6 is 0 Å². The summed E-state index contributed by atoms with van der Waals surface area (Å²) < 4.78 is 24.4. The highest BCUT2D eigenvalue weighted by molar-refractivity contribution is 5.50. The van der Waals surface area contributed by atoms with Crippen LogP contribution in [0.3, 0.4) is 0 Å². The Morgan fingerprint density at radius 3 is 2.71 bits per heavy atom. The topological polar surface area (TPSA) is 57.4 Å². The first-order valence-electron chi connectivity index (χ1n) is 6.79. The molecule has 0 amide bonds. The zero-order chi connectivity index (χ0) is 15.4. The van der Waals surface area contributed by atoms with Crippen LogP contribution in [0.15, 0.2) is 30.3 Å². The highest BCUT2D eigenvalue weighted by Crippen LogP contribution is 2.28. The van der Waals surface area contributed by atoms with Crippen molar-refractivity contribution in [3.05, 3.63) is 41.7 Å². The minimum Gasteiger partial charge on any atom is -0.476 e. The van der Waals surface area contributed by atoms with Gasteiger partial charge >= 0.3 is 0 Å². The molecule has 0 aliphatic rings. The SMILES string of the molecule is Cc1ccc(F)cc1Oc1ccc(N)c(OCC(C)C)n1. The number of nitrogen functional groups attached to an aromatic ring is 1. The van der Waals surface area contributed by atoms with Gasteiger partial charge in [0.05, 0.1) is 12.3 Å². The molecular formula is C16H19FN2O2. The molecule has 1 heterocycles. The van der Waals surface area contributed by atoms with E-state index in [1.54, 1.807) is 18.2 Å². The van der Waals surface area contributed by atoms with E-state index in [1.165, 1.54) is 12.1 Å². The van der Waals surface area contributed by atoms with Crippen molar-refractivity contribution in [1.29, 1.82) is 0 Å². The molecule has 2 N–H and O–H groups in total. The van der Waals surface area contributed by atoms with Crippen molar-refractivity contribution in [1.82, 2.24) is 4.98 Å². The third kappa shape index (κ3) is 4.08. The summed E-state index contributed by atoms with van der Waals surface area (Å²) in [6, 6.07) is 7.64. The van der Waals surface area contributed by atoms with Crippen LogP contribution in [0.1, 0.15) is 19.4 Å². The predicted octanol–water partition coefficient (Wildman–Crippen LogP) is 3.94. The molecule has 0 spiro atoms. The molecule has 0 atom stereocenters. The highest BCUT2D eigenvalue weighted by atomic mass is 19.1. The van der Waals surface area contributed by atoms with Crippen LogP contribution < -0.4 is 15.2 Å². The number of halogens is 1. The van der Waals surface area contributed by atoms with Crippen LogP contribution in [0.4, 0.5) is 10.1 Å². The maximum absolute atomic E-state index is 13.3. The minimum absolute atomic E-state index is 0.316. The average Bonchev–Trinajstić information content (AvgIpc) is 2.43. The molecule has 0 unspecified atom stereocenters. The van der Waals surface area contributed by atoms with Gasteiger partial charge in [0.25, 0.3) is 0 Å². The summed E-state index contributed by atoms with van der Waals surface area (Å²) >= 11 is 0. The molecule has 0 saturated heterocycles. The van der Waals surface area contributed by atoms with Gasteiger partial charge < -0.3 is 15.2 Å². The molecule has 0 radical (unpaired) electrons. The molecule has 0 aliphatic carbocycles. The first-order chi connectivity index (χ1) is 9.95. The Balaban J connectivity index is 2.20. The number of benzene rings is 1. The lowest BCUT2D eigenvalue weighted by molar-refractivity contribution is 0.260. The molecule has 1 aromatic heterocycles. The van der Waals surface area contributed by atoms with Gasteiger partial charge in [-0.25, -0.2) is 4.39 Å². The Hall–Kier alpha value is -2.30. The Bertz CT molecular complexity index is 630. The van der Waals surface area contributed by atoms with Gasteiger partial charge in [-0.2, -0.15) is 4.98 Å². The van der Waals surface area contributed by atoms with Gasteiger partial charge in [-0.15, -0.1) is 0 Å². The zero-order valence-electron chi connectivity index (χ0n) is 12.4. The van der Waals surface area contributed by atoms with Crippen LogP contribution in [0, 0.1) is 18.7 Å². The van der Waals surface area contributed by atoms with Gasteiger partial charge in [0.15, 0.2) is 0 Å². The Kier molecular flexibility index (Phi) is 4.62. The van der Waals surface area contributed by atoms with Crippen LogP contribution in [-0.4, -0.2) is 11.6 Å². The second-order valence-corrected chi connectivity index (χ2v) is 5.26. The molecule has 0 saturated carbocycles. The van der Waals surface area contributed by atoms with E-state index in [1.807, 2.05) is 20.8 Å². The van der Waals surface area contributed by atoms with E-state index in [2.05, 4.69) is 4.98 Å². The summed E-state index contributed by atoms with van der Waals surface area (Å²) in [6.45, 7) is 6.42. The van der Waals surface area contributed by atoms with Crippen molar-refractivity contribution in [2.24, 2.45) is 5.92 Å². The summed E-state index contributed by atoms with van der Waals surface area (Å²) in [4.78, 5) is 4.22. The summed E-state index contributed by atoms with van der Waals surface area (Å²) in [6.07, 6.45) is 0. The summed E-state index contributed by atoms with van der Waals surface area (Å²) in [5, 5.41) is 0. The van der Waals surface area contributed by atoms with E-state index >= 15 is 0 Å². The third-order valence-electron chi connectivity index (χ3n) is 2.78. The van der Waals surface area contributed by atoms with Crippen LogP contribution in [0.25, 0.3) is 0 Å². The molecule has 0 bridgehead atoms. The van der Waals surface area contributed by atoms with Crippen molar-refractivity contribution in [2.75, 3.05) is 12.3 Å². The molecule has 2 rings (SSSR count). The fourth-order valence-electron chi connectivity index (χ4n) is 1.65. The predicted molar refractivity (Wildman–Crippen MR) is 80.2 cm³/mol. The number of anilines is 1. The fourth-order valence-corrected chi connectivity index (χ4v) is 1.65. The molecular weight excluding hydrogens is 271 g/mol. The molecule has 112 valence electrons. The fraction of sp³-hybridized carbons (Fsp3) is 0.312. The maximum Gasteiger partial charge on any atom is 0.240 e. The van der Waals surface area contributed by atoms with E-state index < -0.39 is 0 Å². The smallest absolute Gasteiger partial charge is 0.240 e. The van der Waals surface area contributed by atoms with E-state index in [0.29, 0.717) is 35.7 Å². The molecule has 0 fully saturated rings. The first-order valence-corrected chi connectivity index (χ1v) is 6.79. The molecule has 21 heavy (non-hydrogen) atoms. The molecule has 4 nitrogen and oxygen atoms in total. The number of rotatable bonds is 5. The van der Waals surface area contributed by atoms with Crippen molar-refractivity contribution in [2.45, 2.75) is 20.8 Å². The highest BCUT2D eigenvalue weighted by Gasteiger charge is 2.09. The van der Waals surface area contributed by atoms with Gasteiger partial charge in [-0.3, -0.25) is 0 Å². The normalized spacial score (nSPS) is 10.7. The minimum atomic E-state index is -0.359. The number of pyridine rings is 1. The molecule has 1 aromatic carbocycles. The van der Waals surface area contributed by atoms with Crippen molar-refractivity contribution in [3.8, 4) is 17.5 Å². The van der Waals surface area contributed by atoms with E-state index in [4.69, 9.17) is 15.2 Å². The lowest BCUT2D eigenvalue weighted by Crippen LogP contribution is -2.07. The van der Waals surface area contributed by atoms with Gasteiger partial charge in [0.1, 0.15) is 11.6 Å². The summed E-state index contributed by atoms with van der Waals surface area (Å²) in [7, 11) is 0. The third-order valence-corrected chi connectivity index (χ3v) is 2.78. The Morgan fingerprint density at radius 2 is 2.00 bits per heavy atom. The monoisotopic (exact) mass is 290 g/mol. The summed E-state index contributed by atoms with van der Waals surface area (Å²) in [5.41, 5.74) is 7.08. The molecule has 5 heteroatoms. The second-order valence-electron chi connectivity index (χ2n) is 5.26. The number of hydrogen-bond donors (Lipinski definition) is 1. The number of nitrogens with two attached hydrogens (primary N) is 1. The zero-order valence-corrected chi connectivity index (χ0v) is 12.4. The van der Waals surface area contributed by atoms with Gasteiger partial charge in [0.2, 0.25) is 11.8 Å². The number of hydrogen-bond acceptors (Lipinski definition) is 4. The quantitative estimate of drug-likeness (QED) is 0.906. The van der Waals surface area contributed by atoms with Gasteiger partial charge in [-0.05, 0) is 30.5 Å².